The Labute approximate surface area is 530 Å². The number of nitrogens with one attached hydrogen (secondary N) is 12. The van der Waals surface area contributed by atoms with E-state index < -0.39 is 181 Å². The van der Waals surface area contributed by atoms with Gasteiger partial charge in [-0.3, -0.25) is 62.3 Å². The van der Waals surface area contributed by atoms with Crippen LogP contribution in [0.25, 0.3) is 0 Å². The van der Waals surface area contributed by atoms with E-state index in [1.807, 2.05) is 0 Å². The van der Waals surface area contributed by atoms with E-state index in [9.17, 15) is 72.5 Å². The standard InChI is InChI=1S/C58H99N17O16/c1-8-58(6,7)57(90)91-27-20-43(78)66-39(18-25-64-44(79)30-63)52(85)75-46(33(5)77)56(89)71-37(16-23-61)48(81)70-40-19-26-65-55(88)45(32(4)76)74-51(84)38(17-24-62)68-47(80)35(14-21-59)69-53(86)41(28-31(2)3)72-54(87)42(29-34-12-10-9-11-13-34)73-49(82)36(15-22-60)67-50(40)83/h9-13,31-33,35-42,45-46,76-77H,8,14-30,59-63H2,1-7H3,(H,64,79)(H,65,88)(H,66,78)(H,67,83)(H,68,80)(H,69,86)(H,70,81)(H,71,89)(H,72,87)(H,73,82)(H,74,84)(H,75,85)/t32?,33?,35-,36-,37-,38-,39-,40-,41-,42+,45-,46-/m0/s1. The summed E-state index contributed by atoms with van der Waals surface area (Å²) in [5.41, 5.74) is 28.7. The van der Waals surface area contributed by atoms with Crippen LogP contribution in [0.15, 0.2) is 30.3 Å². The number of aliphatic hydroxyl groups excluding tert-OH is 2. The molecule has 1 fully saturated rings. The fourth-order valence-corrected chi connectivity index (χ4v) is 8.98. The molecule has 33 nitrogen and oxygen atoms in total. The second kappa shape index (κ2) is 40.7. The highest BCUT2D eigenvalue weighted by Crippen LogP contribution is 2.21. The minimum atomic E-state index is -1.85. The second-order valence-electron chi connectivity index (χ2n) is 23.2. The van der Waals surface area contributed by atoms with E-state index in [4.69, 9.17) is 33.4 Å². The lowest BCUT2D eigenvalue weighted by atomic mass is 9.91. The molecule has 0 radical (unpaired) electrons. The number of rotatable bonds is 30. The molecule has 1 aromatic carbocycles. The number of hydrogen-bond donors (Lipinski definition) is 19. The van der Waals surface area contributed by atoms with Gasteiger partial charge in [0, 0.05) is 19.5 Å². The van der Waals surface area contributed by atoms with Gasteiger partial charge in [-0.15, -0.1) is 0 Å². The summed E-state index contributed by atoms with van der Waals surface area (Å²) in [6, 6.07) is -7.09. The van der Waals surface area contributed by atoms with Gasteiger partial charge in [0.05, 0.1) is 30.6 Å². The minimum Gasteiger partial charge on any atom is -0.465 e. The largest absolute Gasteiger partial charge is 0.465 e. The van der Waals surface area contributed by atoms with Crippen LogP contribution in [0.4, 0.5) is 0 Å². The molecule has 1 aromatic rings. The number of amides is 12. The molecule has 91 heavy (non-hydrogen) atoms. The zero-order valence-corrected chi connectivity index (χ0v) is 53.1. The Morgan fingerprint density at radius 2 is 1.13 bits per heavy atom. The predicted octanol–water partition coefficient (Wildman–Crippen LogP) is -7.37. The third-order valence-electron chi connectivity index (χ3n) is 14.7. The minimum absolute atomic E-state index is 0.0237. The topological polar surface area (TPSA) is 546 Å². The van der Waals surface area contributed by atoms with Crippen LogP contribution in [-0.4, -0.2) is 212 Å². The molecule has 0 aliphatic carbocycles. The molecule has 12 amide bonds. The van der Waals surface area contributed by atoms with E-state index in [2.05, 4.69) is 63.8 Å². The van der Waals surface area contributed by atoms with Crippen LogP contribution in [-0.2, 0) is 73.5 Å². The highest BCUT2D eigenvalue weighted by Gasteiger charge is 2.38. The fourth-order valence-electron chi connectivity index (χ4n) is 8.98. The Morgan fingerprint density at radius 1 is 0.615 bits per heavy atom. The summed E-state index contributed by atoms with van der Waals surface area (Å²) in [5.74, 6) is -12.1. The van der Waals surface area contributed by atoms with Crippen molar-refractivity contribution >= 4 is 76.9 Å². The lowest BCUT2D eigenvalue weighted by molar-refractivity contribution is -0.154. The molecule has 33 heteroatoms. The molecule has 1 saturated heterocycles. The van der Waals surface area contributed by atoms with Crippen molar-refractivity contribution in [2.24, 2.45) is 40.0 Å². The molecule has 0 spiro atoms. The summed E-state index contributed by atoms with van der Waals surface area (Å²) >= 11 is 0. The van der Waals surface area contributed by atoms with Crippen LogP contribution >= 0.6 is 0 Å². The van der Waals surface area contributed by atoms with E-state index in [0.717, 1.165) is 6.92 Å². The molecule has 1 heterocycles. The van der Waals surface area contributed by atoms with Crippen molar-refractivity contribution in [1.82, 2.24) is 63.8 Å². The Kier molecular flexibility index (Phi) is 35.4. The number of aliphatic hydroxyl groups is 2. The summed E-state index contributed by atoms with van der Waals surface area (Å²) in [6.07, 6.45) is -5.10. The Hall–Kier alpha value is -7.95. The number of esters is 1. The van der Waals surface area contributed by atoms with Crippen LogP contribution in [0.2, 0.25) is 0 Å². The van der Waals surface area contributed by atoms with Gasteiger partial charge >= 0.3 is 5.97 Å². The van der Waals surface area contributed by atoms with Crippen LogP contribution in [0.1, 0.15) is 112 Å². The number of hydrogen-bond acceptors (Lipinski definition) is 21. The normalized spacial score (nSPS) is 21.8. The van der Waals surface area contributed by atoms with Crippen LogP contribution in [0, 0.1) is 11.3 Å². The lowest BCUT2D eigenvalue weighted by Gasteiger charge is -2.29. The Bertz CT molecular complexity index is 2600. The first kappa shape index (κ1) is 79.1. The molecule has 512 valence electrons. The van der Waals surface area contributed by atoms with Crippen molar-refractivity contribution in [2.45, 2.75) is 185 Å². The maximum atomic E-state index is 14.6. The average Bonchev–Trinajstić information content (AvgIpc) is 3.00. The molecule has 0 aromatic heterocycles. The fraction of sp³-hybridized carbons (Fsp3) is 0.672. The van der Waals surface area contributed by atoms with Gasteiger partial charge in [0.2, 0.25) is 70.9 Å². The zero-order chi connectivity index (χ0) is 68.5. The zero-order valence-electron chi connectivity index (χ0n) is 53.1. The molecular weight excluding hydrogens is 1190 g/mol. The van der Waals surface area contributed by atoms with Crippen molar-refractivity contribution in [1.29, 1.82) is 0 Å². The van der Waals surface area contributed by atoms with Gasteiger partial charge < -0.3 is 107 Å². The SMILES string of the molecule is CCC(C)(C)C(=O)OCCC(=O)N[C@@H](CCNC(=O)CN)C(=O)N[C@H](C(=O)N[C@@H](CCN)C(=O)N[C@H]1CCNC(=O)[C@H](C(C)O)NC(=O)[C@H](CCN)NC(=O)[C@H](CCN)NC(=O)[C@H](CC(C)C)NC(=O)[C@@H](Cc2ccccc2)NC(=O)[C@H](CCN)NC1=O)C(C)O. The summed E-state index contributed by atoms with van der Waals surface area (Å²) < 4.78 is 5.24. The van der Waals surface area contributed by atoms with Crippen LogP contribution in [0.3, 0.4) is 0 Å². The van der Waals surface area contributed by atoms with Crippen molar-refractivity contribution in [3.05, 3.63) is 35.9 Å². The summed E-state index contributed by atoms with van der Waals surface area (Å²) in [4.78, 5) is 179. The smallest absolute Gasteiger partial charge is 0.311 e. The van der Waals surface area contributed by atoms with Gasteiger partial charge in [-0.25, -0.2) is 0 Å². The highest BCUT2D eigenvalue weighted by atomic mass is 16.5. The first-order valence-corrected chi connectivity index (χ1v) is 30.6. The second-order valence-corrected chi connectivity index (χ2v) is 23.2. The van der Waals surface area contributed by atoms with Gasteiger partial charge in [0.25, 0.3) is 0 Å². The van der Waals surface area contributed by atoms with Crippen molar-refractivity contribution in [2.75, 3.05) is 52.4 Å². The van der Waals surface area contributed by atoms with E-state index >= 15 is 0 Å². The molecule has 1 aliphatic heterocycles. The van der Waals surface area contributed by atoms with Gasteiger partial charge in [-0.05, 0) is 117 Å². The average molecular weight is 1290 g/mol. The molecule has 24 N–H and O–H groups in total. The highest BCUT2D eigenvalue weighted by molar-refractivity contribution is 5.99. The molecule has 1 aliphatic rings. The van der Waals surface area contributed by atoms with Crippen LogP contribution in [0.5, 0.6) is 0 Å². The summed E-state index contributed by atoms with van der Waals surface area (Å²) in [6.45, 7) is 8.67. The molecule has 2 rings (SSSR count). The third-order valence-corrected chi connectivity index (χ3v) is 14.7. The third kappa shape index (κ3) is 28.0. The molecule has 2 unspecified atom stereocenters. The van der Waals surface area contributed by atoms with Gasteiger partial charge in [-0.1, -0.05) is 51.1 Å². The first-order chi connectivity index (χ1) is 43.0. The maximum Gasteiger partial charge on any atom is 0.311 e. The number of ether oxygens (including phenoxy) is 1. The lowest BCUT2D eigenvalue weighted by Crippen LogP contribution is -2.62. The number of carbonyl (C=O) groups is 13. The van der Waals surface area contributed by atoms with Gasteiger partial charge in [0.1, 0.15) is 67.0 Å². The molecular formula is C58H99N17O16. The quantitative estimate of drug-likeness (QED) is 0.0318. The van der Waals surface area contributed by atoms with Crippen molar-refractivity contribution in [3.8, 4) is 0 Å². The predicted molar refractivity (Wildman–Crippen MR) is 331 cm³/mol. The van der Waals surface area contributed by atoms with Crippen molar-refractivity contribution in [3.63, 3.8) is 0 Å². The van der Waals surface area contributed by atoms with Gasteiger partial charge in [-0.2, -0.15) is 0 Å². The monoisotopic (exact) mass is 1290 g/mol. The van der Waals surface area contributed by atoms with Crippen molar-refractivity contribution < 1.29 is 77.3 Å². The van der Waals surface area contributed by atoms with E-state index in [1.54, 1.807) is 65.0 Å². The summed E-state index contributed by atoms with van der Waals surface area (Å²) in [5, 5.41) is 51.8. The first-order valence-electron chi connectivity index (χ1n) is 30.6. The number of benzene rings is 1. The van der Waals surface area contributed by atoms with Gasteiger partial charge in [0.15, 0.2) is 0 Å². The maximum absolute atomic E-state index is 14.6. The Balaban J connectivity index is 2.69. The molecule has 12 atom stereocenters. The molecule has 0 bridgehead atoms. The number of carbonyl (C=O) groups excluding carboxylic acids is 13. The molecule has 0 saturated carbocycles. The van der Waals surface area contributed by atoms with E-state index in [0.29, 0.717) is 12.0 Å². The van der Waals surface area contributed by atoms with E-state index in [-0.39, 0.29) is 90.2 Å². The van der Waals surface area contributed by atoms with Crippen LogP contribution < -0.4 is 92.5 Å². The number of nitrogens with two attached hydrogens (primary N) is 5. The van der Waals surface area contributed by atoms with E-state index in [1.165, 1.54) is 6.92 Å². The summed E-state index contributed by atoms with van der Waals surface area (Å²) in [7, 11) is 0. The Morgan fingerprint density at radius 3 is 1.65 bits per heavy atom.